The summed E-state index contributed by atoms with van der Waals surface area (Å²) in [5, 5.41) is 0. The van der Waals surface area contributed by atoms with Crippen molar-refractivity contribution in [3.8, 4) is 0 Å². The van der Waals surface area contributed by atoms with Crippen LogP contribution in [0.5, 0.6) is 0 Å². The second kappa shape index (κ2) is 5.30. The molecule has 0 amide bonds. The van der Waals surface area contributed by atoms with Gasteiger partial charge in [-0.25, -0.2) is 0 Å². The zero-order chi connectivity index (χ0) is 12.5. The van der Waals surface area contributed by atoms with Gasteiger partial charge in [0.05, 0.1) is 0 Å². The van der Waals surface area contributed by atoms with E-state index < -0.39 is 0 Å². The molecular weight excluding hydrogens is 206 g/mol. The van der Waals surface area contributed by atoms with E-state index in [2.05, 4.69) is 32.6 Å². The Morgan fingerprint density at radius 2 is 1.88 bits per heavy atom. The lowest BCUT2D eigenvalue weighted by Gasteiger charge is -2.54. The van der Waals surface area contributed by atoms with Crippen LogP contribution in [0.1, 0.15) is 66.2 Å². The van der Waals surface area contributed by atoms with E-state index in [1.165, 1.54) is 51.6 Å². The van der Waals surface area contributed by atoms with Crippen LogP contribution in [0.15, 0.2) is 0 Å². The minimum atomic E-state index is 0.600. The van der Waals surface area contributed by atoms with Gasteiger partial charge in [0.25, 0.3) is 0 Å². The molecule has 1 heteroatoms. The van der Waals surface area contributed by atoms with Crippen LogP contribution < -0.4 is 0 Å². The molecule has 2 rings (SSSR count). The van der Waals surface area contributed by atoms with Crippen molar-refractivity contribution in [3.63, 3.8) is 0 Å². The van der Waals surface area contributed by atoms with Crippen LogP contribution in [0, 0.1) is 17.3 Å². The lowest BCUT2D eigenvalue weighted by atomic mass is 9.61. The second-order valence-electron chi connectivity index (χ2n) is 6.69. The Balaban J connectivity index is 2.11. The van der Waals surface area contributed by atoms with E-state index >= 15 is 0 Å². The smallest absolute Gasteiger partial charge is 0.00955 e. The van der Waals surface area contributed by atoms with Crippen LogP contribution >= 0.6 is 0 Å². The fourth-order valence-electron chi connectivity index (χ4n) is 4.33. The topological polar surface area (TPSA) is 3.24 Å². The molecule has 0 aromatic rings. The quantitative estimate of drug-likeness (QED) is 0.703. The standard InChI is InChI=1S/C16H31N/c1-5-14-10-11-17(15-8-7-9-15)12-16(14,6-2)13(3)4/h13-15H,5-12H2,1-4H3. The molecule has 2 atom stereocenters. The number of piperidine rings is 1. The SMILES string of the molecule is CCC1CCN(C2CCC2)CC1(CC)C(C)C. The molecule has 1 aliphatic carbocycles. The highest BCUT2D eigenvalue weighted by Crippen LogP contribution is 2.47. The zero-order valence-corrected chi connectivity index (χ0v) is 12.3. The van der Waals surface area contributed by atoms with Gasteiger partial charge >= 0.3 is 0 Å². The number of nitrogens with zero attached hydrogens (tertiary/aromatic N) is 1. The Morgan fingerprint density at radius 3 is 2.29 bits per heavy atom. The van der Waals surface area contributed by atoms with Gasteiger partial charge in [-0.3, -0.25) is 4.90 Å². The minimum absolute atomic E-state index is 0.600. The Morgan fingerprint density at radius 1 is 1.18 bits per heavy atom. The molecule has 17 heavy (non-hydrogen) atoms. The predicted octanol–water partition coefficient (Wildman–Crippen LogP) is 4.32. The van der Waals surface area contributed by atoms with Crippen molar-refractivity contribution in [1.29, 1.82) is 0 Å². The van der Waals surface area contributed by atoms with Crippen LogP contribution in [0.25, 0.3) is 0 Å². The first-order valence-corrected chi connectivity index (χ1v) is 7.88. The van der Waals surface area contributed by atoms with E-state index in [1.54, 1.807) is 0 Å². The van der Waals surface area contributed by atoms with Gasteiger partial charge < -0.3 is 0 Å². The summed E-state index contributed by atoms with van der Waals surface area (Å²) in [6.07, 6.45) is 8.60. The third-order valence-electron chi connectivity index (χ3n) is 5.97. The molecular formula is C16H31N. The van der Waals surface area contributed by atoms with E-state index in [1.807, 2.05) is 0 Å². The maximum atomic E-state index is 2.83. The molecule has 0 bridgehead atoms. The molecule has 1 saturated heterocycles. The number of rotatable bonds is 4. The van der Waals surface area contributed by atoms with E-state index in [9.17, 15) is 0 Å². The van der Waals surface area contributed by atoms with Crippen LogP contribution in [0.2, 0.25) is 0 Å². The van der Waals surface area contributed by atoms with Crippen LogP contribution in [0.4, 0.5) is 0 Å². The summed E-state index contributed by atoms with van der Waals surface area (Å²) in [4.78, 5) is 2.83. The highest BCUT2D eigenvalue weighted by molar-refractivity contribution is 4.97. The monoisotopic (exact) mass is 237 g/mol. The van der Waals surface area contributed by atoms with Crippen LogP contribution in [-0.2, 0) is 0 Å². The first-order valence-electron chi connectivity index (χ1n) is 7.88. The number of hydrogen-bond donors (Lipinski definition) is 0. The van der Waals surface area contributed by atoms with Crippen LogP contribution in [-0.4, -0.2) is 24.0 Å². The molecule has 0 aromatic carbocycles. The van der Waals surface area contributed by atoms with Gasteiger partial charge in [0.1, 0.15) is 0 Å². The summed E-state index contributed by atoms with van der Waals surface area (Å²) in [5.74, 6) is 1.80. The maximum Gasteiger partial charge on any atom is 0.00955 e. The molecule has 1 saturated carbocycles. The van der Waals surface area contributed by atoms with Crippen molar-refractivity contribution in [2.24, 2.45) is 17.3 Å². The third-order valence-corrected chi connectivity index (χ3v) is 5.97. The average molecular weight is 237 g/mol. The predicted molar refractivity (Wildman–Crippen MR) is 75.2 cm³/mol. The fraction of sp³-hybridized carbons (Fsp3) is 1.00. The maximum absolute atomic E-state index is 2.83. The number of hydrogen-bond acceptors (Lipinski definition) is 1. The Bertz CT molecular complexity index is 244. The van der Waals surface area contributed by atoms with Crippen molar-refractivity contribution in [1.82, 2.24) is 4.90 Å². The summed E-state index contributed by atoms with van der Waals surface area (Å²) in [7, 11) is 0. The Hall–Kier alpha value is -0.0400. The highest BCUT2D eigenvalue weighted by Gasteiger charge is 2.45. The van der Waals surface area contributed by atoms with E-state index in [0.29, 0.717) is 5.41 Å². The molecule has 0 N–H and O–H groups in total. The molecule has 1 nitrogen and oxygen atoms in total. The Kier molecular flexibility index (Phi) is 4.18. The van der Waals surface area contributed by atoms with Crippen LogP contribution in [0.3, 0.4) is 0 Å². The summed E-state index contributed by atoms with van der Waals surface area (Å²) in [6.45, 7) is 12.5. The largest absolute Gasteiger partial charge is 0.300 e. The molecule has 2 aliphatic rings. The average Bonchev–Trinajstić information content (AvgIpc) is 2.26. The normalized spacial score (nSPS) is 36.2. The van der Waals surface area contributed by atoms with Crippen molar-refractivity contribution >= 4 is 0 Å². The Labute approximate surface area is 108 Å². The van der Waals surface area contributed by atoms with Gasteiger partial charge in [0.2, 0.25) is 0 Å². The summed E-state index contributed by atoms with van der Waals surface area (Å²) in [5.41, 5.74) is 0.600. The van der Waals surface area contributed by atoms with Gasteiger partial charge in [-0.05, 0) is 49.5 Å². The summed E-state index contributed by atoms with van der Waals surface area (Å²) in [6, 6.07) is 0.942. The van der Waals surface area contributed by atoms with Crippen molar-refractivity contribution in [3.05, 3.63) is 0 Å². The second-order valence-corrected chi connectivity index (χ2v) is 6.69. The van der Waals surface area contributed by atoms with Gasteiger partial charge in [0.15, 0.2) is 0 Å². The van der Waals surface area contributed by atoms with Gasteiger partial charge in [0, 0.05) is 12.6 Å². The van der Waals surface area contributed by atoms with E-state index in [-0.39, 0.29) is 0 Å². The molecule has 0 spiro atoms. The zero-order valence-electron chi connectivity index (χ0n) is 12.3. The van der Waals surface area contributed by atoms with E-state index in [4.69, 9.17) is 0 Å². The van der Waals surface area contributed by atoms with E-state index in [0.717, 1.165) is 17.9 Å². The summed E-state index contributed by atoms with van der Waals surface area (Å²) < 4.78 is 0. The molecule has 100 valence electrons. The van der Waals surface area contributed by atoms with Gasteiger partial charge in [-0.15, -0.1) is 0 Å². The van der Waals surface area contributed by atoms with Crippen molar-refractivity contribution in [2.75, 3.05) is 13.1 Å². The molecule has 1 heterocycles. The highest BCUT2D eigenvalue weighted by atomic mass is 15.2. The van der Waals surface area contributed by atoms with Gasteiger partial charge in [-0.2, -0.15) is 0 Å². The summed E-state index contributed by atoms with van der Waals surface area (Å²) >= 11 is 0. The first-order chi connectivity index (χ1) is 8.14. The third kappa shape index (κ3) is 2.28. The lowest BCUT2D eigenvalue weighted by molar-refractivity contribution is -0.0470. The molecule has 0 aromatic heterocycles. The number of likely N-dealkylation sites (tertiary alicyclic amines) is 1. The van der Waals surface area contributed by atoms with Gasteiger partial charge in [-0.1, -0.05) is 40.5 Å². The van der Waals surface area contributed by atoms with Crippen molar-refractivity contribution in [2.45, 2.75) is 72.3 Å². The first kappa shape index (κ1) is 13.4. The lowest BCUT2D eigenvalue weighted by Crippen LogP contribution is -2.55. The minimum Gasteiger partial charge on any atom is -0.300 e. The molecule has 2 fully saturated rings. The van der Waals surface area contributed by atoms with Crippen molar-refractivity contribution < 1.29 is 0 Å². The molecule has 0 radical (unpaired) electrons. The fourth-order valence-corrected chi connectivity index (χ4v) is 4.33. The molecule has 1 aliphatic heterocycles. The molecule has 2 unspecified atom stereocenters.